The van der Waals surface area contributed by atoms with Gasteiger partial charge in [0.2, 0.25) is 0 Å². The maximum absolute atomic E-state index is 5.95. The zero-order valence-electron chi connectivity index (χ0n) is 8.92. The predicted octanol–water partition coefficient (Wildman–Crippen LogP) is 0.408. The van der Waals surface area contributed by atoms with E-state index in [2.05, 4.69) is 24.3 Å². The number of nitrogens with one attached hydrogen (secondary N) is 1. The topological polar surface area (TPSA) is 41.3 Å². The van der Waals surface area contributed by atoms with Gasteiger partial charge in [0.1, 0.15) is 0 Å². The smallest absolute Gasteiger partial charge is 0.0219 e. The molecule has 2 atom stereocenters. The highest BCUT2D eigenvalue weighted by atomic mass is 15.1. The van der Waals surface area contributed by atoms with Gasteiger partial charge in [0.15, 0.2) is 0 Å². The second-order valence-corrected chi connectivity index (χ2v) is 4.31. The molecule has 3 N–H and O–H groups in total. The van der Waals surface area contributed by atoms with E-state index >= 15 is 0 Å². The minimum Gasteiger partial charge on any atom is -0.326 e. The van der Waals surface area contributed by atoms with Crippen LogP contribution in [0.2, 0.25) is 0 Å². The lowest BCUT2D eigenvalue weighted by Gasteiger charge is -2.17. The van der Waals surface area contributed by atoms with Crippen molar-refractivity contribution >= 4 is 0 Å². The molecule has 1 aliphatic rings. The maximum Gasteiger partial charge on any atom is 0.0219 e. The molecule has 78 valence electrons. The summed E-state index contributed by atoms with van der Waals surface area (Å²) in [5.74, 6) is 0. The van der Waals surface area contributed by atoms with Crippen LogP contribution in [0.1, 0.15) is 25.7 Å². The molecule has 0 aromatic rings. The van der Waals surface area contributed by atoms with Crippen LogP contribution in [-0.4, -0.2) is 44.2 Å². The summed E-state index contributed by atoms with van der Waals surface area (Å²) >= 11 is 0. The maximum atomic E-state index is 5.95. The second-order valence-electron chi connectivity index (χ2n) is 4.31. The highest BCUT2D eigenvalue weighted by Gasteiger charge is 2.22. The van der Waals surface area contributed by atoms with Crippen LogP contribution in [0.4, 0.5) is 0 Å². The molecule has 13 heavy (non-hydrogen) atoms. The molecule has 0 heterocycles. The Kier molecular flexibility index (Phi) is 4.70. The molecular formula is C10H23N3. The first-order valence-electron chi connectivity index (χ1n) is 5.34. The van der Waals surface area contributed by atoms with Crippen molar-refractivity contribution in [1.29, 1.82) is 0 Å². The van der Waals surface area contributed by atoms with Crippen LogP contribution in [0.15, 0.2) is 0 Å². The lowest BCUT2D eigenvalue weighted by atomic mass is 10.2. The Morgan fingerprint density at radius 1 is 1.38 bits per heavy atom. The summed E-state index contributed by atoms with van der Waals surface area (Å²) in [5, 5.41) is 3.54. The Hall–Kier alpha value is -0.120. The summed E-state index contributed by atoms with van der Waals surface area (Å²) in [4.78, 5) is 2.22. The van der Waals surface area contributed by atoms with Crippen molar-refractivity contribution in [3.8, 4) is 0 Å². The van der Waals surface area contributed by atoms with Crippen LogP contribution < -0.4 is 11.1 Å². The predicted molar refractivity (Wildman–Crippen MR) is 56.8 cm³/mol. The van der Waals surface area contributed by atoms with Crippen LogP contribution >= 0.6 is 0 Å². The Bertz CT molecular complexity index is 136. The average molecular weight is 185 g/mol. The summed E-state index contributed by atoms with van der Waals surface area (Å²) in [6.07, 6.45) is 4.98. The van der Waals surface area contributed by atoms with Crippen molar-refractivity contribution < 1.29 is 0 Å². The van der Waals surface area contributed by atoms with Crippen LogP contribution in [0.5, 0.6) is 0 Å². The molecule has 0 aliphatic heterocycles. The van der Waals surface area contributed by atoms with E-state index in [1.165, 1.54) is 25.7 Å². The third-order valence-electron chi connectivity index (χ3n) is 2.76. The van der Waals surface area contributed by atoms with Gasteiger partial charge in [-0.05, 0) is 46.4 Å². The molecule has 1 rings (SSSR count). The molecular weight excluding hydrogens is 162 g/mol. The van der Waals surface area contributed by atoms with E-state index in [1.54, 1.807) is 0 Å². The fraction of sp³-hybridized carbons (Fsp3) is 1.00. The molecule has 1 aliphatic carbocycles. The van der Waals surface area contributed by atoms with Gasteiger partial charge in [0.05, 0.1) is 0 Å². The number of hydrogen-bond acceptors (Lipinski definition) is 3. The third kappa shape index (κ3) is 4.07. The molecule has 0 amide bonds. The standard InChI is InChI=1S/C10H23N3/c1-13(2)8-4-7-12-10-6-3-5-9(10)11/h9-10,12H,3-8,11H2,1-2H3/t9-,10+/m0/s1. The SMILES string of the molecule is CN(C)CCCN[C@@H]1CCC[C@@H]1N. The van der Waals surface area contributed by atoms with Gasteiger partial charge in [-0.25, -0.2) is 0 Å². The largest absolute Gasteiger partial charge is 0.326 e. The molecule has 1 saturated carbocycles. The molecule has 0 bridgehead atoms. The monoisotopic (exact) mass is 185 g/mol. The number of nitrogens with zero attached hydrogens (tertiary/aromatic N) is 1. The van der Waals surface area contributed by atoms with Crippen LogP contribution in [0.3, 0.4) is 0 Å². The lowest BCUT2D eigenvalue weighted by Crippen LogP contribution is -2.41. The van der Waals surface area contributed by atoms with E-state index in [0.29, 0.717) is 12.1 Å². The quantitative estimate of drug-likeness (QED) is 0.610. The summed E-state index contributed by atoms with van der Waals surface area (Å²) in [5.41, 5.74) is 5.95. The van der Waals surface area contributed by atoms with Gasteiger partial charge in [0.25, 0.3) is 0 Å². The molecule has 0 aromatic carbocycles. The van der Waals surface area contributed by atoms with E-state index in [-0.39, 0.29) is 0 Å². The van der Waals surface area contributed by atoms with Crippen molar-refractivity contribution in [2.75, 3.05) is 27.2 Å². The van der Waals surface area contributed by atoms with E-state index < -0.39 is 0 Å². The Labute approximate surface area is 81.7 Å². The van der Waals surface area contributed by atoms with Gasteiger partial charge in [-0.1, -0.05) is 6.42 Å². The zero-order valence-corrected chi connectivity index (χ0v) is 8.92. The van der Waals surface area contributed by atoms with Crippen molar-refractivity contribution in [2.45, 2.75) is 37.8 Å². The Balaban J connectivity index is 1.99. The summed E-state index contributed by atoms with van der Waals surface area (Å²) in [6.45, 7) is 2.27. The molecule has 1 fully saturated rings. The normalized spacial score (nSPS) is 28.6. The molecule has 3 nitrogen and oxygen atoms in total. The van der Waals surface area contributed by atoms with Crippen molar-refractivity contribution in [1.82, 2.24) is 10.2 Å². The minimum absolute atomic E-state index is 0.402. The van der Waals surface area contributed by atoms with Gasteiger partial charge in [-0.3, -0.25) is 0 Å². The summed E-state index contributed by atoms with van der Waals surface area (Å²) in [7, 11) is 4.22. The van der Waals surface area contributed by atoms with Gasteiger partial charge in [-0.15, -0.1) is 0 Å². The van der Waals surface area contributed by atoms with Crippen molar-refractivity contribution in [3.63, 3.8) is 0 Å². The first-order valence-corrected chi connectivity index (χ1v) is 5.34. The van der Waals surface area contributed by atoms with Crippen LogP contribution in [0, 0.1) is 0 Å². The van der Waals surface area contributed by atoms with Crippen molar-refractivity contribution in [2.24, 2.45) is 5.73 Å². The van der Waals surface area contributed by atoms with Crippen LogP contribution in [-0.2, 0) is 0 Å². The Morgan fingerprint density at radius 2 is 2.15 bits per heavy atom. The summed E-state index contributed by atoms with van der Waals surface area (Å²) in [6, 6.07) is 0.988. The molecule has 3 heteroatoms. The molecule has 0 unspecified atom stereocenters. The third-order valence-corrected chi connectivity index (χ3v) is 2.76. The van der Waals surface area contributed by atoms with Crippen molar-refractivity contribution in [3.05, 3.63) is 0 Å². The minimum atomic E-state index is 0.402. The fourth-order valence-corrected chi connectivity index (χ4v) is 1.92. The number of hydrogen-bond donors (Lipinski definition) is 2. The van der Waals surface area contributed by atoms with E-state index in [9.17, 15) is 0 Å². The summed E-state index contributed by atoms with van der Waals surface area (Å²) < 4.78 is 0. The first-order chi connectivity index (χ1) is 6.20. The van der Waals surface area contributed by atoms with Gasteiger partial charge in [-0.2, -0.15) is 0 Å². The highest BCUT2D eigenvalue weighted by Crippen LogP contribution is 2.16. The van der Waals surface area contributed by atoms with E-state index in [0.717, 1.165) is 13.1 Å². The zero-order chi connectivity index (χ0) is 9.68. The lowest BCUT2D eigenvalue weighted by molar-refractivity contribution is 0.381. The van der Waals surface area contributed by atoms with E-state index in [4.69, 9.17) is 5.73 Å². The molecule has 0 spiro atoms. The fourth-order valence-electron chi connectivity index (χ4n) is 1.92. The average Bonchev–Trinajstić information content (AvgIpc) is 2.45. The number of rotatable bonds is 5. The first kappa shape index (κ1) is 11.0. The van der Waals surface area contributed by atoms with Crippen LogP contribution in [0.25, 0.3) is 0 Å². The molecule has 0 saturated heterocycles. The van der Waals surface area contributed by atoms with Gasteiger partial charge >= 0.3 is 0 Å². The highest BCUT2D eigenvalue weighted by molar-refractivity contribution is 4.85. The second kappa shape index (κ2) is 5.58. The van der Waals surface area contributed by atoms with Gasteiger partial charge < -0.3 is 16.0 Å². The Morgan fingerprint density at radius 3 is 2.69 bits per heavy atom. The van der Waals surface area contributed by atoms with E-state index in [1.807, 2.05) is 0 Å². The number of nitrogens with two attached hydrogens (primary N) is 1. The molecule has 0 aromatic heterocycles. The van der Waals surface area contributed by atoms with Gasteiger partial charge in [0, 0.05) is 12.1 Å². The molecule has 0 radical (unpaired) electrons.